The van der Waals surface area contributed by atoms with Crippen molar-refractivity contribution < 1.29 is 9.30 Å². The summed E-state index contributed by atoms with van der Waals surface area (Å²) in [4.78, 5) is 0. The first kappa shape index (κ1) is 18.0. The summed E-state index contributed by atoms with van der Waals surface area (Å²) < 4.78 is 8.85. The van der Waals surface area contributed by atoms with E-state index in [1.165, 1.54) is 44.3 Å². The first-order chi connectivity index (χ1) is 12.8. The van der Waals surface area contributed by atoms with Gasteiger partial charge in [-0.3, -0.25) is 0 Å². The van der Waals surface area contributed by atoms with Crippen LogP contribution in [0.1, 0.15) is 55.9 Å². The maximum absolute atomic E-state index is 6.63. The van der Waals surface area contributed by atoms with Crippen molar-refractivity contribution in [3.8, 4) is 22.8 Å². The number of aryl methyl sites for hydroxylation is 2. The average molecular weight is 361 g/mol. The van der Waals surface area contributed by atoms with Crippen molar-refractivity contribution in [2.45, 2.75) is 53.9 Å². The molecule has 0 atom stereocenters. The highest BCUT2D eigenvalue weighted by Crippen LogP contribution is 2.49. The highest BCUT2D eigenvalue weighted by atomic mass is 16.5. The Labute approximate surface area is 162 Å². The Balaban J connectivity index is 2.12. The molecule has 4 rings (SSSR count). The molecule has 27 heavy (non-hydrogen) atoms. The molecule has 0 spiro atoms. The predicted octanol–water partition coefficient (Wildman–Crippen LogP) is 6.38. The molecule has 0 fully saturated rings. The van der Waals surface area contributed by atoms with Crippen LogP contribution in [0.2, 0.25) is 0 Å². The van der Waals surface area contributed by atoms with Crippen LogP contribution >= 0.6 is 0 Å². The second kappa shape index (κ2) is 6.37. The molecule has 2 heterocycles. The molecule has 1 aliphatic rings. The quantitative estimate of drug-likeness (QED) is 0.387. The van der Waals surface area contributed by atoms with Crippen molar-refractivity contribution in [1.29, 1.82) is 0 Å². The van der Waals surface area contributed by atoms with Gasteiger partial charge in [-0.25, -0.2) is 0 Å². The van der Waals surface area contributed by atoms with Gasteiger partial charge in [0.25, 0.3) is 5.69 Å². The number of hydrogen-bond acceptors (Lipinski definition) is 1. The van der Waals surface area contributed by atoms with E-state index in [9.17, 15) is 0 Å². The number of aromatic nitrogens is 1. The van der Waals surface area contributed by atoms with Crippen LogP contribution in [-0.2, 0) is 13.5 Å². The minimum absolute atomic E-state index is 0.475. The van der Waals surface area contributed by atoms with Gasteiger partial charge >= 0.3 is 0 Å². The van der Waals surface area contributed by atoms with Gasteiger partial charge in [-0.2, -0.15) is 4.57 Å². The van der Waals surface area contributed by atoms with Crippen LogP contribution in [0.3, 0.4) is 0 Å². The van der Waals surface area contributed by atoms with Gasteiger partial charge < -0.3 is 4.74 Å². The van der Waals surface area contributed by atoms with Crippen molar-refractivity contribution >= 4 is 10.8 Å². The van der Waals surface area contributed by atoms with Crippen LogP contribution in [0.4, 0.5) is 0 Å². The molecule has 2 nitrogen and oxygen atoms in total. The van der Waals surface area contributed by atoms with E-state index in [0.29, 0.717) is 11.8 Å². The predicted molar refractivity (Wildman–Crippen MR) is 113 cm³/mol. The molecular formula is C25H30NO+. The van der Waals surface area contributed by atoms with Gasteiger partial charge in [-0.05, 0) is 60.2 Å². The number of fused-ring (bicyclic) bond motifs is 2. The molecular weight excluding hydrogens is 330 g/mol. The lowest BCUT2D eigenvalue weighted by atomic mass is 9.87. The van der Waals surface area contributed by atoms with Gasteiger partial charge in [0, 0.05) is 17.0 Å². The Kier molecular flexibility index (Phi) is 4.25. The van der Waals surface area contributed by atoms with Crippen molar-refractivity contribution in [2.24, 2.45) is 13.0 Å². The minimum atomic E-state index is 0.475. The van der Waals surface area contributed by atoms with E-state index in [0.717, 1.165) is 17.9 Å². The average Bonchev–Trinajstić information content (AvgIpc) is 2.60. The fraction of sp³-hybridized carbons (Fsp3) is 0.400. The molecule has 3 aromatic rings. The summed E-state index contributed by atoms with van der Waals surface area (Å²) in [5, 5.41) is 2.54. The third-order valence-electron chi connectivity index (χ3n) is 5.85. The fourth-order valence-corrected chi connectivity index (χ4v) is 4.26. The Bertz CT molecular complexity index is 1060. The zero-order valence-electron chi connectivity index (χ0n) is 17.6. The molecule has 2 heteroatoms. The number of pyridine rings is 1. The molecule has 0 saturated heterocycles. The molecule has 0 bridgehead atoms. The molecule has 0 amide bonds. The Morgan fingerprint density at radius 1 is 1.04 bits per heavy atom. The highest BCUT2D eigenvalue weighted by molar-refractivity contribution is 6.05. The summed E-state index contributed by atoms with van der Waals surface area (Å²) >= 11 is 0. The standard InChI is InChI=1S/C25H30NO/c1-14(2)10-18-8-9-26(7)24-22-17(6)16(5)11-20-12-19(15(3)4)13-21(23(20)22)27-25(18)24/h8-9,11-15H,10H2,1-7H3/q+1. The topological polar surface area (TPSA) is 13.1 Å². The normalized spacial score (nSPS) is 12.6. The van der Waals surface area contributed by atoms with E-state index < -0.39 is 0 Å². The summed E-state index contributed by atoms with van der Waals surface area (Å²) in [6, 6.07) is 9.13. The molecule has 140 valence electrons. The van der Waals surface area contributed by atoms with Crippen molar-refractivity contribution in [3.05, 3.63) is 52.7 Å². The molecule has 1 aromatic heterocycles. The lowest BCUT2D eigenvalue weighted by Crippen LogP contribution is -2.32. The largest absolute Gasteiger partial charge is 0.449 e. The maximum atomic E-state index is 6.63. The molecule has 0 unspecified atom stereocenters. The van der Waals surface area contributed by atoms with E-state index >= 15 is 0 Å². The van der Waals surface area contributed by atoms with E-state index in [4.69, 9.17) is 4.74 Å². The van der Waals surface area contributed by atoms with Crippen molar-refractivity contribution in [1.82, 2.24) is 0 Å². The van der Waals surface area contributed by atoms with Crippen LogP contribution in [0, 0.1) is 19.8 Å². The van der Waals surface area contributed by atoms with Gasteiger partial charge in [0.15, 0.2) is 6.20 Å². The number of benzene rings is 2. The monoisotopic (exact) mass is 360 g/mol. The Hall–Kier alpha value is -2.35. The third-order valence-corrected chi connectivity index (χ3v) is 5.85. The van der Waals surface area contributed by atoms with Crippen LogP contribution in [0.15, 0.2) is 30.5 Å². The van der Waals surface area contributed by atoms with Gasteiger partial charge in [0.1, 0.15) is 12.8 Å². The summed E-state index contributed by atoms with van der Waals surface area (Å²) in [6.45, 7) is 13.5. The van der Waals surface area contributed by atoms with Gasteiger partial charge in [0.05, 0.1) is 5.56 Å². The molecule has 0 saturated carbocycles. The van der Waals surface area contributed by atoms with E-state index in [2.05, 4.69) is 83.6 Å². The first-order valence-electron chi connectivity index (χ1n) is 10.1. The minimum Gasteiger partial charge on any atom is -0.449 e. The summed E-state index contributed by atoms with van der Waals surface area (Å²) in [5.41, 5.74) is 7.87. The van der Waals surface area contributed by atoms with E-state index in [1.807, 2.05) is 0 Å². The van der Waals surface area contributed by atoms with E-state index in [-0.39, 0.29) is 0 Å². The summed E-state index contributed by atoms with van der Waals surface area (Å²) in [5.74, 6) is 3.12. The maximum Gasteiger partial charge on any atom is 0.256 e. The zero-order valence-corrected chi connectivity index (χ0v) is 17.6. The lowest BCUT2D eigenvalue weighted by Gasteiger charge is -2.25. The van der Waals surface area contributed by atoms with Crippen molar-refractivity contribution in [3.63, 3.8) is 0 Å². The molecule has 0 aliphatic carbocycles. The van der Waals surface area contributed by atoms with Crippen LogP contribution in [-0.4, -0.2) is 0 Å². The van der Waals surface area contributed by atoms with Crippen molar-refractivity contribution in [2.75, 3.05) is 0 Å². The molecule has 2 aromatic carbocycles. The smallest absolute Gasteiger partial charge is 0.256 e. The highest BCUT2D eigenvalue weighted by Gasteiger charge is 2.32. The summed E-state index contributed by atoms with van der Waals surface area (Å²) in [7, 11) is 2.13. The fourth-order valence-electron chi connectivity index (χ4n) is 4.26. The van der Waals surface area contributed by atoms with Gasteiger partial charge in [0.2, 0.25) is 5.75 Å². The first-order valence-corrected chi connectivity index (χ1v) is 10.1. The van der Waals surface area contributed by atoms with Crippen LogP contribution in [0.5, 0.6) is 11.5 Å². The Morgan fingerprint density at radius 3 is 2.44 bits per heavy atom. The van der Waals surface area contributed by atoms with Gasteiger partial charge in [-0.1, -0.05) is 39.8 Å². The summed E-state index contributed by atoms with van der Waals surface area (Å²) in [6.07, 6.45) is 3.21. The molecule has 0 N–H and O–H groups in total. The Morgan fingerprint density at radius 2 is 1.78 bits per heavy atom. The number of hydrogen-bond donors (Lipinski definition) is 0. The second-order valence-electron chi connectivity index (χ2n) is 8.79. The SMILES string of the molecule is Cc1cc2cc(C(C)C)cc3c2c(c1C)-c1c(c(CC(C)C)cc[n+]1C)O3. The zero-order chi connectivity index (χ0) is 19.5. The second-order valence-corrected chi connectivity index (χ2v) is 8.79. The third kappa shape index (κ3) is 2.82. The molecule has 0 radical (unpaired) electrons. The van der Waals surface area contributed by atoms with Gasteiger partial charge in [-0.15, -0.1) is 0 Å². The lowest BCUT2D eigenvalue weighted by molar-refractivity contribution is -0.660. The number of rotatable bonds is 3. The molecule has 1 aliphatic heterocycles. The van der Waals surface area contributed by atoms with E-state index in [1.54, 1.807) is 0 Å². The van der Waals surface area contributed by atoms with Crippen LogP contribution in [0.25, 0.3) is 22.0 Å². The number of nitrogens with zero attached hydrogens (tertiary/aromatic N) is 1. The van der Waals surface area contributed by atoms with Crippen LogP contribution < -0.4 is 9.30 Å². The number of ether oxygens (including phenoxy) is 1.